The molecule has 0 unspecified atom stereocenters. The Morgan fingerprint density at radius 3 is 2.31 bits per heavy atom. The number of methoxy groups -OCH3 is 1. The lowest BCUT2D eigenvalue weighted by molar-refractivity contribution is -0.136. The third-order valence-corrected chi connectivity index (χ3v) is 1.81. The monoisotopic (exact) mass is 182 g/mol. The van der Waals surface area contributed by atoms with Gasteiger partial charge in [-0.25, -0.2) is 4.79 Å². The minimum absolute atomic E-state index is 0.200. The van der Waals surface area contributed by atoms with E-state index in [1.807, 2.05) is 26.0 Å². The Kier molecular flexibility index (Phi) is 5.94. The molecule has 0 bridgehead atoms. The smallest absolute Gasteiger partial charge is 0.333 e. The molecule has 0 spiro atoms. The maximum Gasteiger partial charge on any atom is 0.333 e. The number of esters is 1. The van der Waals surface area contributed by atoms with Crippen LogP contribution in [0.25, 0.3) is 0 Å². The molecule has 0 heterocycles. The topological polar surface area (TPSA) is 26.3 Å². The zero-order valence-electron chi connectivity index (χ0n) is 8.89. The van der Waals surface area contributed by atoms with Crippen molar-refractivity contribution in [1.82, 2.24) is 0 Å². The van der Waals surface area contributed by atoms with Crippen LogP contribution in [0.15, 0.2) is 23.3 Å². The van der Waals surface area contributed by atoms with Gasteiger partial charge >= 0.3 is 5.97 Å². The Morgan fingerprint density at radius 1 is 1.31 bits per heavy atom. The van der Waals surface area contributed by atoms with Crippen LogP contribution in [0.2, 0.25) is 0 Å². The van der Waals surface area contributed by atoms with Crippen LogP contribution < -0.4 is 0 Å². The average molecular weight is 182 g/mol. The van der Waals surface area contributed by atoms with Gasteiger partial charge in [-0.05, 0) is 19.8 Å². The van der Waals surface area contributed by atoms with Gasteiger partial charge in [0.25, 0.3) is 0 Å². The van der Waals surface area contributed by atoms with E-state index in [0.29, 0.717) is 0 Å². The van der Waals surface area contributed by atoms with Gasteiger partial charge in [-0.1, -0.05) is 31.6 Å². The number of carbonyl (C=O) groups is 1. The second-order valence-corrected chi connectivity index (χ2v) is 2.70. The highest BCUT2D eigenvalue weighted by molar-refractivity contribution is 5.89. The molecule has 0 aliphatic heterocycles. The maximum absolute atomic E-state index is 11.0. The number of ether oxygens (including phenoxy) is 1. The Balaban J connectivity index is 0.000000671. The third-order valence-electron chi connectivity index (χ3n) is 1.81. The van der Waals surface area contributed by atoms with Gasteiger partial charge in [0.15, 0.2) is 0 Å². The number of hydrogen-bond donors (Lipinski definition) is 0. The average Bonchev–Trinajstić information content (AvgIpc) is 2.21. The minimum atomic E-state index is -0.200. The van der Waals surface area contributed by atoms with Crippen LogP contribution in [0, 0.1) is 0 Å². The predicted molar refractivity (Wildman–Crippen MR) is 54.4 cm³/mol. The molecule has 1 rings (SSSR count). The first-order valence-electron chi connectivity index (χ1n) is 4.68. The fourth-order valence-electron chi connectivity index (χ4n) is 1.04. The van der Waals surface area contributed by atoms with Crippen molar-refractivity contribution in [3.05, 3.63) is 23.3 Å². The van der Waals surface area contributed by atoms with Crippen LogP contribution >= 0.6 is 0 Å². The van der Waals surface area contributed by atoms with Gasteiger partial charge in [-0.3, -0.25) is 0 Å². The van der Waals surface area contributed by atoms with E-state index in [4.69, 9.17) is 0 Å². The quantitative estimate of drug-likeness (QED) is 0.583. The molecule has 0 atom stereocenters. The molecule has 2 nitrogen and oxygen atoms in total. The summed E-state index contributed by atoms with van der Waals surface area (Å²) in [5, 5.41) is 0. The van der Waals surface area contributed by atoms with E-state index in [1.54, 1.807) is 0 Å². The van der Waals surface area contributed by atoms with Crippen molar-refractivity contribution >= 4 is 5.97 Å². The minimum Gasteiger partial charge on any atom is -0.466 e. The molecule has 0 aromatic heterocycles. The van der Waals surface area contributed by atoms with Gasteiger partial charge in [0.05, 0.1) is 7.11 Å². The molecule has 13 heavy (non-hydrogen) atoms. The summed E-state index contributed by atoms with van der Waals surface area (Å²) in [6.07, 6.45) is 5.59. The lowest BCUT2D eigenvalue weighted by Gasteiger charge is -2.08. The molecule has 1 aliphatic rings. The van der Waals surface area contributed by atoms with Crippen molar-refractivity contribution in [2.75, 3.05) is 7.11 Å². The highest BCUT2D eigenvalue weighted by Crippen LogP contribution is 2.18. The molecule has 0 aromatic carbocycles. The SMILES string of the molecule is CC.COC(=O)C1=CC=C(C)CC1. The first-order chi connectivity index (χ1) is 6.24. The van der Waals surface area contributed by atoms with Crippen LogP contribution in [-0.4, -0.2) is 13.1 Å². The van der Waals surface area contributed by atoms with Crippen molar-refractivity contribution in [3.8, 4) is 0 Å². The second-order valence-electron chi connectivity index (χ2n) is 2.70. The molecule has 0 saturated carbocycles. The fraction of sp³-hybridized carbons (Fsp3) is 0.545. The van der Waals surface area contributed by atoms with Crippen LogP contribution in [0.4, 0.5) is 0 Å². The molecule has 0 fully saturated rings. The number of allylic oxidation sites excluding steroid dienone is 3. The highest BCUT2D eigenvalue weighted by atomic mass is 16.5. The summed E-state index contributed by atoms with van der Waals surface area (Å²) in [7, 11) is 1.41. The van der Waals surface area contributed by atoms with Crippen LogP contribution in [-0.2, 0) is 9.53 Å². The Bertz CT molecular complexity index is 224. The summed E-state index contributed by atoms with van der Waals surface area (Å²) in [5.41, 5.74) is 2.09. The first kappa shape index (κ1) is 11.9. The third kappa shape index (κ3) is 3.92. The van der Waals surface area contributed by atoms with Gasteiger partial charge in [0, 0.05) is 5.57 Å². The van der Waals surface area contributed by atoms with Crippen LogP contribution in [0.3, 0.4) is 0 Å². The highest BCUT2D eigenvalue weighted by Gasteiger charge is 2.10. The molecule has 0 amide bonds. The Morgan fingerprint density at radius 2 is 1.92 bits per heavy atom. The lowest BCUT2D eigenvalue weighted by atomic mass is 10.00. The van der Waals surface area contributed by atoms with Crippen LogP contribution in [0.1, 0.15) is 33.6 Å². The molecule has 0 aromatic rings. The van der Waals surface area contributed by atoms with Gasteiger partial charge < -0.3 is 4.74 Å². The maximum atomic E-state index is 11.0. The molecular weight excluding hydrogens is 164 g/mol. The first-order valence-corrected chi connectivity index (χ1v) is 4.68. The summed E-state index contributed by atoms with van der Waals surface area (Å²) in [5.74, 6) is -0.200. The second kappa shape index (κ2) is 6.46. The molecule has 0 radical (unpaired) electrons. The predicted octanol–water partition coefficient (Wildman–Crippen LogP) is 2.85. The van der Waals surface area contributed by atoms with Crippen molar-refractivity contribution in [3.63, 3.8) is 0 Å². The van der Waals surface area contributed by atoms with Gasteiger partial charge in [0.2, 0.25) is 0 Å². The summed E-state index contributed by atoms with van der Waals surface area (Å²) < 4.78 is 4.59. The van der Waals surface area contributed by atoms with Crippen molar-refractivity contribution < 1.29 is 9.53 Å². The molecule has 74 valence electrons. The van der Waals surface area contributed by atoms with Gasteiger partial charge in [-0.2, -0.15) is 0 Å². The Labute approximate surface area is 80.3 Å². The van der Waals surface area contributed by atoms with Gasteiger partial charge in [0.1, 0.15) is 0 Å². The van der Waals surface area contributed by atoms with E-state index in [2.05, 4.69) is 11.7 Å². The normalized spacial score (nSPS) is 14.8. The number of hydrogen-bond acceptors (Lipinski definition) is 2. The summed E-state index contributed by atoms with van der Waals surface area (Å²) in [6.45, 7) is 6.06. The van der Waals surface area contributed by atoms with E-state index in [0.717, 1.165) is 18.4 Å². The van der Waals surface area contributed by atoms with E-state index >= 15 is 0 Å². The van der Waals surface area contributed by atoms with Crippen molar-refractivity contribution in [1.29, 1.82) is 0 Å². The molecule has 0 N–H and O–H groups in total. The molecule has 2 heteroatoms. The standard InChI is InChI=1S/C9H12O2.C2H6/c1-7-3-5-8(6-4-7)9(10)11-2;1-2/h3,5H,4,6H2,1-2H3;1-2H3. The van der Waals surface area contributed by atoms with E-state index in [1.165, 1.54) is 12.7 Å². The van der Waals surface area contributed by atoms with E-state index in [-0.39, 0.29) is 5.97 Å². The molecule has 0 saturated heterocycles. The fourth-order valence-corrected chi connectivity index (χ4v) is 1.04. The zero-order valence-corrected chi connectivity index (χ0v) is 8.89. The van der Waals surface area contributed by atoms with Crippen molar-refractivity contribution in [2.24, 2.45) is 0 Å². The summed E-state index contributed by atoms with van der Waals surface area (Å²) >= 11 is 0. The van der Waals surface area contributed by atoms with E-state index in [9.17, 15) is 4.79 Å². The van der Waals surface area contributed by atoms with Gasteiger partial charge in [-0.15, -0.1) is 0 Å². The van der Waals surface area contributed by atoms with E-state index < -0.39 is 0 Å². The number of carbonyl (C=O) groups excluding carboxylic acids is 1. The van der Waals surface area contributed by atoms with Crippen molar-refractivity contribution in [2.45, 2.75) is 33.6 Å². The molecule has 1 aliphatic carbocycles. The Hall–Kier alpha value is -1.05. The summed E-state index contributed by atoms with van der Waals surface area (Å²) in [6, 6.07) is 0. The zero-order chi connectivity index (χ0) is 10.3. The molecular formula is C11H18O2. The lowest BCUT2D eigenvalue weighted by Crippen LogP contribution is -2.06. The number of rotatable bonds is 1. The largest absolute Gasteiger partial charge is 0.466 e. The summed E-state index contributed by atoms with van der Waals surface area (Å²) in [4.78, 5) is 11.0. The van der Waals surface area contributed by atoms with Crippen LogP contribution in [0.5, 0.6) is 0 Å².